The van der Waals surface area contributed by atoms with Gasteiger partial charge in [0.15, 0.2) is 0 Å². The molecule has 1 atom stereocenters. The molecule has 1 aliphatic heterocycles. The summed E-state index contributed by atoms with van der Waals surface area (Å²) >= 11 is 0. The van der Waals surface area contributed by atoms with Crippen LogP contribution < -0.4 is 10.1 Å². The van der Waals surface area contributed by atoms with Crippen molar-refractivity contribution in [3.05, 3.63) is 29.8 Å². The van der Waals surface area contributed by atoms with Gasteiger partial charge in [0.25, 0.3) is 0 Å². The molecule has 1 aromatic carbocycles. The third kappa shape index (κ3) is 3.70. The van der Waals surface area contributed by atoms with Crippen LogP contribution in [0.4, 0.5) is 0 Å². The highest BCUT2D eigenvalue weighted by atomic mass is 16.5. The van der Waals surface area contributed by atoms with Crippen molar-refractivity contribution in [1.82, 2.24) is 10.2 Å². The van der Waals surface area contributed by atoms with E-state index in [1.807, 2.05) is 24.3 Å². The molecule has 0 spiro atoms. The molecule has 1 fully saturated rings. The van der Waals surface area contributed by atoms with Gasteiger partial charge in [-0.1, -0.05) is 12.1 Å². The molecular formula is C14H22N2O2. The second-order valence-corrected chi connectivity index (χ2v) is 4.70. The summed E-state index contributed by atoms with van der Waals surface area (Å²) in [5.41, 5.74) is 0.923. The summed E-state index contributed by atoms with van der Waals surface area (Å²) < 4.78 is 5.18. The predicted molar refractivity (Wildman–Crippen MR) is 71.9 cm³/mol. The summed E-state index contributed by atoms with van der Waals surface area (Å²) in [7, 11) is 1.64. The monoisotopic (exact) mass is 250 g/mol. The molecule has 100 valence electrons. The number of hydrogen-bond donors (Lipinski definition) is 2. The van der Waals surface area contributed by atoms with E-state index in [0.717, 1.165) is 43.9 Å². The SMILES string of the molecule is COc1cccc(C(O)CN2CCCNCC2)c1. The number of methoxy groups -OCH3 is 1. The lowest BCUT2D eigenvalue weighted by Crippen LogP contribution is -2.32. The molecule has 0 radical (unpaired) electrons. The predicted octanol–water partition coefficient (Wildman–Crippen LogP) is 1.02. The van der Waals surface area contributed by atoms with Crippen LogP contribution in [0.3, 0.4) is 0 Å². The molecule has 0 aromatic heterocycles. The number of aliphatic hydroxyl groups is 1. The minimum atomic E-state index is -0.446. The Bertz CT molecular complexity index is 363. The van der Waals surface area contributed by atoms with Crippen LogP contribution in [0.15, 0.2) is 24.3 Å². The van der Waals surface area contributed by atoms with Crippen molar-refractivity contribution in [3.8, 4) is 5.75 Å². The van der Waals surface area contributed by atoms with Gasteiger partial charge in [0.05, 0.1) is 13.2 Å². The highest BCUT2D eigenvalue weighted by molar-refractivity contribution is 5.29. The Balaban J connectivity index is 1.95. The van der Waals surface area contributed by atoms with E-state index in [2.05, 4.69) is 10.2 Å². The minimum absolute atomic E-state index is 0.446. The molecule has 1 heterocycles. The summed E-state index contributed by atoms with van der Waals surface area (Å²) in [6.07, 6.45) is 0.698. The first-order chi connectivity index (χ1) is 8.79. The Morgan fingerprint density at radius 3 is 3.11 bits per heavy atom. The number of rotatable bonds is 4. The normalized spacial score (nSPS) is 19.2. The van der Waals surface area contributed by atoms with Crippen molar-refractivity contribution in [3.63, 3.8) is 0 Å². The molecule has 0 saturated carbocycles. The number of benzene rings is 1. The largest absolute Gasteiger partial charge is 0.497 e. The molecule has 4 heteroatoms. The van der Waals surface area contributed by atoms with Crippen LogP contribution in [0.1, 0.15) is 18.1 Å². The van der Waals surface area contributed by atoms with Gasteiger partial charge in [0.1, 0.15) is 5.75 Å². The fraction of sp³-hybridized carbons (Fsp3) is 0.571. The van der Waals surface area contributed by atoms with Crippen LogP contribution >= 0.6 is 0 Å². The molecule has 0 bridgehead atoms. The van der Waals surface area contributed by atoms with Crippen LogP contribution in [0.2, 0.25) is 0 Å². The minimum Gasteiger partial charge on any atom is -0.497 e. The summed E-state index contributed by atoms with van der Waals surface area (Å²) in [5.74, 6) is 0.795. The second-order valence-electron chi connectivity index (χ2n) is 4.70. The molecule has 0 amide bonds. The van der Waals surface area contributed by atoms with Crippen molar-refractivity contribution in [2.75, 3.05) is 39.8 Å². The van der Waals surface area contributed by atoms with Gasteiger partial charge in [-0.05, 0) is 37.2 Å². The third-order valence-electron chi connectivity index (χ3n) is 3.34. The zero-order chi connectivity index (χ0) is 12.8. The van der Waals surface area contributed by atoms with E-state index < -0.39 is 6.10 Å². The first-order valence-electron chi connectivity index (χ1n) is 6.54. The van der Waals surface area contributed by atoms with E-state index in [0.29, 0.717) is 6.54 Å². The highest BCUT2D eigenvalue weighted by Gasteiger charge is 2.15. The Hall–Kier alpha value is -1.10. The van der Waals surface area contributed by atoms with Crippen LogP contribution in [-0.2, 0) is 0 Å². The standard InChI is InChI=1S/C14H22N2O2/c1-18-13-5-2-4-12(10-13)14(17)11-16-8-3-6-15-7-9-16/h2,4-5,10,14-15,17H,3,6-9,11H2,1H3. The molecule has 2 N–H and O–H groups in total. The van der Waals surface area contributed by atoms with Crippen LogP contribution in [0.25, 0.3) is 0 Å². The fourth-order valence-corrected chi connectivity index (χ4v) is 2.28. The van der Waals surface area contributed by atoms with Gasteiger partial charge < -0.3 is 15.2 Å². The molecule has 1 unspecified atom stereocenters. The molecular weight excluding hydrogens is 228 g/mol. The molecule has 2 rings (SSSR count). The molecule has 1 aliphatic rings. The van der Waals surface area contributed by atoms with E-state index in [4.69, 9.17) is 4.74 Å². The third-order valence-corrected chi connectivity index (χ3v) is 3.34. The van der Waals surface area contributed by atoms with Gasteiger partial charge in [0.2, 0.25) is 0 Å². The first kappa shape index (κ1) is 13.3. The van der Waals surface area contributed by atoms with Crippen molar-refractivity contribution in [2.24, 2.45) is 0 Å². The van der Waals surface area contributed by atoms with Crippen LogP contribution in [-0.4, -0.2) is 49.8 Å². The van der Waals surface area contributed by atoms with Crippen molar-refractivity contribution in [2.45, 2.75) is 12.5 Å². The van der Waals surface area contributed by atoms with Crippen molar-refractivity contribution >= 4 is 0 Å². The average molecular weight is 250 g/mol. The zero-order valence-corrected chi connectivity index (χ0v) is 10.9. The quantitative estimate of drug-likeness (QED) is 0.837. The topological polar surface area (TPSA) is 44.7 Å². The number of nitrogens with one attached hydrogen (secondary N) is 1. The van der Waals surface area contributed by atoms with E-state index in [1.54, 1.807) is 7.11 Å². The van der Waals surface area contributed by atoms with Gasteiger partial charge in [-0.2, -0.15) is 0 Å². The summed E-state index contributed by atoms with van der Waals surface area (Å²) in [4.78, 5) is 2.31. The number of β-amino-alcohol motifs (C(OH)–C–C–N with tert-alkyl or cyclic N) is 1. The Kier molecular flexibility index (Phi) is 4.99. The summed E-state index contributed by atoms with van der Waals surface area (Å²) in [6.45, 7) is 4.82. The zero-order valence-electron chi connectivity index (χ0n) is 10.9. The van der Waals surface area contributed by atoms with E-state index in [-0.39, 0.29) is 0 Å². The number of nitrogens with zero attached hydrogens (tertiary/aromatic N) is 1. The highest BCUT2D eigenvalue weighted by Crippen LogP contribution is 2.20. The van der Waals surface area contributed by atoms with Crippen LogP contribution in [0.5, 0.6) is 5.75 Å². The molecule has 1 aromatic rings. The average Bonchev–Trinajstić information content (AvgIpc) is 2.67. The van der Waals surface area contributed by atoms with E-state index >= 15 is 0 Å². The van der Waals surface area contributed by atoms with Gasteiger partial charge in [-0.3, -0.25) is 4.90 Å². The van der Waals surface area contributed by atoms with E-state index in [9.17, 15) is 5.11 Å². The molecule has 18 heavy (non-hydrogen) atoms. The summed E-state index contributed by atoms with van der Waals surface area (Å²) in [6, 6.07) is 7.66. The maximum absolute atomic E-state index is 10.3. The number of ether oxygens (including phenoxy) is 1. The van der Waals surface area contributed by atoms with Crippen molar-refractivity contribution < 1.29 is 9.84 Å². The lowest BCUT2D eigenvalue weighted by molar-refractivity contribution is 0.116. The maximum atomic E-state index is 10.3. The maximum Gasteiger partial charge on any atom is 0.119 e. The van der Waals surface area contributed by atoms with Gasteiger partial charge >= 0.3 is 0 Å². The first-order valence-corrected chi connectivity index (χ1v) is 6.54. The summed E-state index contributed by atoms with van der Waals surface area (Å²) in [5, 5.41) is 13.6. The van der Waals surface area contributed by atoms with E-state index in [1.165, 1.54) is 0 Å². The number of aliphatic hydroxyl groups excluding tert-OH is 1. The lowest BCUT2D eigenvalue weighted by atomic mass is 10.1. The van der Waals surface area contributed by atoms with Crippen LogP contribution in [0, 0.1) is 0 Å². The van der Waals surface area contributed by atoms with Gasteiger partial charge in [-0.25, -0.2) is 0 Å². The second kappa shape index (κ2) is 6.73. The lowest BCUT2D eigenvalue weighted by Gasteiger charge is -2.23. The molecule has 4 nitrogen and oxygen atoms in total. The van der Waals surface area contributed by atoms with Gasteiger partial charge in [-0.15, -0.1) is 0 Å². The Labute approximate surface area is 109 Å². The number of hydrogen-bond acceptors (Lipinski definition) is 4. The molecule has 1 saturated heterocycles. The smallest absolute Gasteiger partial charge is 0.119 e. The Morgan fingerprint density at radius 1 is 1.39 bits per heavy atom. The Morgan fingerprint density at radius 2 is 2.28 bits per heavy atom. The van der Waals surface area contributed by atoms with Gasteiger partial charge in [0, 0.05) is 19.6 Å². The molecule has 0 aliphatic carbocycles. The van der Waals surface area contributed by atoms with Crippen molar-refractivity contribution in [1.29, 1.82) is 0 Å². The fourth-order valence-electron chi connectivity index (χ4n) is 2.28.